The molecule has 0 spiro atoms. The molecule has 0 N–H and O–H groups in total. The summed E-state index contributed by atoms with van der Waals surface area (Å²) in [7, 11) is 0. The van der Waals surface area contributed by atoms with Crippen LogP contribution in [-0.2, 0) is 9.53 Å². The van der Waals surface area contributed by atoms with Crippen molar-refractivity contribution in [1.82, 2.24) is 0 Å². The van der Waals surface area contributed by atoms with Crippen LogP contribution in [0.25, 0.3) is 0 Å². The molecular formula is C17H23BrO2. The molecule has 110 valence electrons. The van der Waals surface area contributed by atoms with Crippen LogP contribution in [0.5, 0.6) is 0 Å². The van der Waals surface area contributed by atoms with Gasteiger partial charge < -0.3 is 4.74 Å². The van der Waals surface area contributed by atoms with Gasteiger partial charge in [-0.2, -0.15) is 0 Å². The van der Waals surface area contributed by atoms with Crippen molar-refractivity contribution in [1.29, 1.82) is 0 Å². The van der Waals surface area contributed by atoms with Gasteiger partial charge in [0.05, 0.1) is 5.92 Å². The summed E-state index contributed by atoms with van der Waals surface area (Å²) in [5.41, 5.74) is 1.01. The van der Waals surface area contributed by atoms with Crippen molar-refractivity contribution in [2.45, 2.75) is 58.0 Å². The van der Waals surface area contributed by atoms with Gasteiger partial charge in [0.2, 0.25) is 0 Å². The first-order valence-electron chi connectivity index (χ1n) is 7.33. The number of halogens is 1. The molecule has 1 aliphatic rings. The fourth-order valence-corrected chi connectivity index (χ4v) is 3.05. The first-order valence-corrected chi connectivity index (χ1v) is 8.13. The van der Waals surface area contributed by atoms with Gasteiger partial charge in [-0.15, -0.1) is 0 Å². The Hall–Kier alpha value is -0.830. The monoisotopic (exact) mass is 338 g/mol. The zero-order valence-electron chi connectivity index (χ0n) is 12.5. The van der Waals surface area contributed by atoms with Crippen LogP contribution in [0.15, 0.2) is 28.7 Å². The zero-order chi connectivity index (χ0) is 14.8. The number of rotatable bonds is 2. The molecule has 1 aromatic rings. The normalized spacial score (nSPS) is 23.4. The van der Waals surface area contributed by atoms with Gasteiger partial charge in [0.25, 0.3) is 0 Å². The van der Waals surface area contributed by atoms with E-state index in [1.54, 1.807) is 0 Å². The highest BCUT2D eigenvalue weighted by Crippen LogP contribution is 2.37. The van der Waals surface area contributed by atoms with Crippen molar-refractivity contribution < 1.29 is 9.53 Å². The maximum Gasteiger partial charge on any atom is 0.309 e. The van der Waals surface area contributed by atoms with Crippen molar-refractivity contribution in [3.8, 4) is 0 Å². The van der Waals surface area contributed by atoms with Crippen LogP contribution in [0.3, 0.4) is 0 Å². The quantitative estimate of drug-likeness (QED) is 0.704. The minimum atomic E-state index is -0.375. The lowest BCUT2D eigenvalue weighted by atomic mass is 9.79. The molecule has 0 aromatic heterocycles. The third-order valence-corrected chi connectivity index (χ3v) is 4.34. The molecule has 0 unspecified atom stereocenters. The lowest BCUT2D eigenvalue weighted by Crippen LogP contribution is -2.30. The Kier molecular flexibility index (Phi) is 4.90. The van der Waals surface area contributed by atoms with Crippen LogP contribution in [0, 0.1) is 5.92 Å². The Labute approximate surface area is 130 Å². The van der Waals surface area contributed by atoms with Crippen molar-refractivity contribution in [3.63, 3.8) is 0 Å². The standard InChI is InChI=1S/C17H23BrO2/c1-17(2,3)20-16(19)14-6-4-12(5-7-14)13-8-10-15(18)11-9-13/h8-12,14H,4-7H2,1-3H3. The summed E-state index contributed by atoms with van der Waals surface area (Å²) in [6.45, 7) is 5.79. The van der Waals surface area contributed by atoms with Gasteiger partial charge in [0, 0.05) is 4.47 Å². The molecule has 0 aliphatic heterocycles. The van der Waals surface area contributed by atoms with E-state index in [1.807, 2.05) is 20.8 Å². The lowest BCUT2D eigenvalue weighted by Gasteiger charge is -2.30. The Morgan fingerprint density at radius 2 is 1.65 bits per heavy atom. The number of esters is 1. The third-order valence-electron chi connectivity index (χ3n) is 3.81. The van der Waals surface area contributed by atoms with Crippen LogP contribution in [-0.4, -0.2) is 11.6 Å². The van der Waals surface area contributed by atoms with Crippen LogP contribution < -0.4 is 0 Å². The average Bonchev–Trinajstić information content (AvgIpc) is 2.38. The lowest BCUT2D eigenvalue weighted by molar-refractivity contribution is -0.161. The molecule has 1 fully saturated rings. The molecule has 20 heavy (non-hydrogen) atoms. The largest absolute Gasteiger partial charge is 0.460 e. The second-order valence-corrected chi connectivity index (χ2v) is 7.55. The number of hydrogen-bond acceptors (Lipinski definition) is 2. The van der Waals surface area contributed by atoms with Gasteiger partial charge in [-0.3, -0.25) is 4.79 Å². The molecule has 0 atom stereocenters. The van der Waals surface area contributed by atoms with Gasteiger partial charge >= 0.3 is 5.97 Å². The number of benzene rings is 1. The maximum atomic E-state index is 12.1. The molecule has 0 bridgehead atoms. The second-order valence-electron chi connectivity index (χ2n) is 6.63. The van der Waals surface area contributed by atoms with E-state index in [0.29, 0.717) is 5.92 Å². The summed E-state index contributed by atoms with van der Waals surface area (Å²) >= 11 is 3.46. The summed E-state index contributed by atoms with van der Waals surface area (Å²) in [5.74, 6) is 0.648. The SMILES string of the molecule is CC(C)(C)OC(=O)C1CCC(c2ccc(Br)cc2)CC1. The van der Waals surface area contributed by atoms with Gasteiger partial charge in [0.1, 0.15) is 5.60 Å². The molecule has 1 aromatic carbocycles. The summed E-state index contributed by atoms with van der Waals surface area (Å²) in [4.78, 5) is 12.1. The molecule has 1 aliphatic carbocycles. The molecule has 0 radical (unpaired) electrons. The van der Waals surface area contributed by atoms with Crippen molar-refractivity contribution >= 4 is 21.9 Å². The molecule has 2 rings (SSSR count). The minimum Gasteiger partial charge on any atom is -0.460 e. The minimum absolute atomic E-state index is 0.0215. The number of hydrogen-bond donors (Lipinski definition) is 0. The summed E-state index contributed by atoms with van der Waals surface area (Å²) in [6.07, 6.45) is 4.03. The predicted molar refractivity (Wildman–Crippen MR) is 84.7 cm³/mol. The summed E-state index contributed by atoms with van der Waals surface area (Å²) < 4.78 is 6.60. The van der Waals surface area contributed by atoms with Crippen LogP contribution in [0.1, 0.15) is 57.9 Å². The fraction of sp³-hybridized carbons (Fsp3) is 0.588. The Bertz CT molecular complexity index is 451. The summed E-state index contributed by atoms with van der Waals surface area (Å²) in [5, 5.41) is 0. The first kappa shape index (κ1) is 15.6. The van der Waals surface area contributed by atoms with E-state index in [9.17, 15) is 4.79 Å². The topological polar surface area (TPSA) is 26.3 Å². The first-order chi connectivity index (χ1) is 9.35. The highest BCUT2D eigenvalue weighted by Gasteiger charge is 2.30. The maximum absolute atomic E-state index is 12.1. The molecule has 0 heterocycles. The zero-order valence-corrected chi connectivity index (χ0v) is 14.1. The van der Waals surface area contributed by atoms with Gasteiger partial charge in [0.15, 0.2) is 0 Å². The highest BCUT2D eigenvalue weighted by atomic mass is 79.9. The van der Waals surface area contributed by atoms with Gasteiger partial charge in [-0.25, -0.2) is 0 Å². The Morgan fingerprint density at radius 1 is 1.10 bits per heavy atom. The van der Waals surface area contributed by atoms with E-state index in [4.69, 9.17) is 4.74 Å². The van der Waals surface area contributed by atoms with E-state index < -0.39 is 0 Å². The number of carbonyl (C=O) groups is 1. The van der Waals surface area contributed by atoms with Gasteiger partial charge in [-0.1, -0.05) is 28.1 Å². The molecule has 1 saturated carbocycles. The van der Waals surface area contributed by atoms with Gasteiger partial charge in [-0.05, 0) is 70.1 Å². The number of ether oxygens (including phenoxy) is 1. The van der Waals surface area contributed by atoms with Crippen LogP contribution in [0.2, 0.25) is 0 Å². The highest BCUT2D eigenvalue weighted by molar-refractivity contribution is 9.10. The molecule has 0 saturated heterocycles. The van der Waals surface area contributed by atoms with E-state index in [1.165, 1.54) is 5.56 Å². The molecule has 3 heteroatoms. The van der Waals surface area contributed by atoms with E-state index in [0.717, 1.165) is 30.2 Å². The molecular weight excluding hydrogens is 316 g/mol. The second kappa shape index (κ2) is 6.30. The Balaban J connectivity index is 1.89. The average molecular weight is 339 g/mol. The predicted octanol–water partition coefficient (Wildman–Crippen LogP) is 5.06. The number of carbonyl (C=O) groups excluding carboxylic acids is 1. The Morgan fingerprint density at radius 3 is 2.15 bits per heavy atom. The smallest absolute Gasteiger partial charge is 0.309 e. The van der Waals surface area contributed by atoms with Crippen molar-refractivity contribution in [3.05, 3.63) is 34.3 Å². The van der Waals surface area contributed by atoms with E-state index >= 15 is 0 Å². The van der Waals surface area contributed by atoms with Crippen LogP contribution in [0.4, 0.5) is 0 Å². The fourth-order valence-electron chi connectivity index (χ4n) is 2.78. The van der Waals surface area contributed by atoms with E-state index in [2.05, 4.69) is 40.2 Å². The molecule has 0 amide bonds. The van der Waals surface area contributed by atoms with Crippen molar-refractivity contribution in [2.24, 2.45) is 5.92 Å². The molecule has 2 nitrogen and oxygen atoms in total. The van der Waals surface area contributed by atoms with E-state index in [-0.39, 0.29) is 17.5 Å². The van der Waals surface area contributed by atoms with Crippen LogP contribution >= 0.6 is 15.9 Å². The van der Waals surface area contributed by atoms with Crippen molar-refractivity contribution in [2.75, 3.05) is 0 Å². The third kappa shape index (κ3) is 4.34. The summed E-state index contributed by atoms with van der Waals surface area (Å²) in [6, 6.07) is 8.55.